The molecule has 0 fully saturated rings. The van der Waals surface area contributed by atoms with Crippen LogP contribution in [0, 0.1) is 0 Å². The van der Waals surface area contributed by atoms with Crippen molar-refractivity contribution in [1.29, 1.82) is 0 Å². The lowest BCUT2D eigenvalue weighted by Crippen LogP contribution is -2.20. The van der Waals surface area contributed by atoms with Crippen molar-refractivity contribution in [2.75, 3.05) is 19.4 Å². The maximum absolute atomic E-state index is 12.9. The van der Waals surface area contributed by atoms with Gasteiger partial charge in [-0.15, -0.1) is 10.2 Å². The van der Waals surface area contributed by atoms with Gasteiger partial charge in [0.1, 0.15) is 0 Å². The normalized spacial score (nSPS) is 11.1. The summed E-state index contributed by atoms with van der Waals surface area (Å²) in [6.07, 6.45) is 0.846. The van der Waals surface area contributed by atoms with Gasteiger partial charge in [0.15, 0.2) is 0 Å². The third-order valence-corrected chi connectivity index (χ3v) is 4.53. The van der Waals surface area contributed by atoms with Crippen LogP contribution in [0.25, 0.3) is 10.9 Å². The van der Waals surface area contributed by atoms with Gasteiger partial charge in [-0.1, -0.05) is 59.8 Å². The minimum atomic E-state index is -0.353. The first-order chi connectivity index (χ1) is 14.6. The standard InChI is InChI=1S/C23H22N6O/c1-28(2)27-25-22-20-10-6-7-11-21(20)29(26-22)23(30)24-19-14-12-18(13-15-19)16-17-8-4-3-5-9-17/h3-15H,16H2,1-2H3,(H,24,30). The zero-order valence-electron chi connectivity index (χ0n) is 16.9. The van der Waals surface area contributed by atoms with E-state index in [9.17, 15) is 4.79 Å². The van der Waals surface area contributed by atoms with Gasteiger partial charge in [-0.2, -0.15) is 4.68 Å². The topological polar surface area (TPSA) is 74.9 Å². The van der Waals surface area contributed by atoms with Crippen LogP contribution in [0.4, 0.5) is 16.3 Å². The van der Waals surface area contributed by atoms with E-state index in [0.717, 1.165) is 11.8 Å². The number of benzene rings is 3. The van der Waals surface area contributed by atoms with Crippen LogP contribution in [0.15, 0.2) is 89.2 Å². The number of fused-ring (bicyclic) bond motifs is 1. The predicted molar refractivity (Wildman–Crippen MR) is 118 cm³/mol. The van der Waals surface area contributed by atoms with Crippen molar-refractivity contribution in [2.45, 2.75) is 6.42 Å². The number of hydrogen-bond acceptors (Lipinski definition) is 4. The number of amides is 1. The van der Waals surface area contributed by atoms with Crippen LogP contribution in [0.2, 0.25) is 0 Å². The Morgan fingerprint density at radius 2 is 1.60 bits per heavy atom. The number of para-hydroxylation sites is 1. The molecule has 0 atom stereocenters. The Hall–Kier alpha value is -4.00. The smallest absolute Gasteiger partial charge is 0.306 e. The highest BCUT2D eigenvalue weighted by molar-refractivity contribution is 6.00. The summed E-state index contributed by atoms with van der Waals surface area (Å²) in [6, 6.07) is 25.2. The molecule has 0 saturated carbocycles. The van der Waals surface area contributed by atoms with Gasteiger partial charge in [-0.05, 0) is 41.8 Å². The van der Waals surface area contributed by atoms with Gasteiger partial charge in [0, 0.05) is 25.2 Å². The second-order valence-corrected chi connectivity index (χ2v) is 7.08. The Labute approximate surface area is 174 Å². The van der Waals surface area contributed by atoms with Crippen LogP contribution in [0.3, 0.4) is 0 Å². The van der Waals surface area contributed by atoms with Crippen molar-refractivity contribution in [3.05, 3.63) is 90.0 Å². The molecule has 0 unspecified atom stereocenters. The highest BCUT2D eigenvalue weighted by Gasteiger charge is 2.15. The fourth-order valence-corrected chi connectivity index (χ4v) is 3.12. The first-order valence-corrected chi connectivity index (χ1v) is 9.61. The van der Waals surface area contributed by atoms with Crippen molar-refractivity contribution in [3.63, 3.8) is 0 Å². The fraction of sp³-hybridized carbons (Fsp3) is 0.130. The average Bonchev–Trinajstić information content (AvgIpc) is 3.13. The predicted octanol–water partition coefficient (Wildman–Crippen LogP) is 5.27. The van der Waals surface area contributed by atoms with Gasteiger partial charge in [0.05, 0.1) is 5.52 Å². The Morgan fingerprint density at radius 3 is 2.33 bits per heavy atom. The molecule has 0 saturated heterocycles. The van der Waals surface area contributed by atoms with Crippen molar-refractivity contribution < 1.29 is 4.79 Å². The molecule has 3 aromatic carbocycles. The zero-order valence-corrected chi connectivity index (χ0v) is 16.9. The molecule has 0 bridgehead atoms. The molecular formula is C23H22N6O. The number of carbonyl (C=O) groups excluding carboxylic acids is 1. The molecule has 0 aliphatic heterocycles. The second-order valence-electron chi connectivity index (χ2n) is 7.08. The summed E-state index contributed by atoms with van der Waals surface area (Å²) in [5.41, 5.74) is 3.79. The number of rotatable bonds is 5. The maximum Gasteiger partial charge on any atom is 0.347 e. The van der Waals surface area contributed by atoms with E-state index in [-0.39, 0.29) is 6.03 Å². The third kappa shape index (κ3) is 4.35. The molecule has 4 rings (SSSR count). The Bertz CT molecular complexity index is 1180. The van der Waals surface area contributed by atoms with E-state index in [1.54, 1.807) is 19.1 Å². The summed E-state index contributed by atoms with van der Waals surface area (Å²) in [7, 11) is 3.55. The number of carbonyl (C=O) groups is 1. The molecule has 1 amide bonds. The minimum Gasteiger partial charge on any atom is -0.306 e. The van der Waals surface area contributed by atoms with Gasteiger partial charge >= 0.3 is 6.03 Å². The van der Waals surface area contributed by atoms with Crippen molar-refractivity contribution in [2.24, 2.45) is 10.3 Å². The molecule has 0 aliphatic carbocycles. The van der Waals surface area contributed by atoms with Crippen LogP contribution < -0.4 is 5.32 Å². The monoisotopic (exact) mass is 398 g/mol. The fourth-order valence-electron chi connectivity index (χ4n) is 3.12. The Morgan fingerprint density at radius 1 is 0.933 bits per heavy atom. The molecular weight excluding hydrogens is 376 g/mol. The number of aromatic nitrogens is 2. The lowest BCUT2D eigenvalue weighted by atomic mass is 10.0. The largest absolute Gasteiger partial charge is 0.347 e. The van der Waals surface area contributed by atoms with Gasteiger partial charge in [-0.3, -0.25) is 5.01 Å². The van der Waals surface area contributed by atoms with Gasteiger partial charge in [0.25, 0.3) is 0 Å². The van der Waals surface area contributed by atoms with E-state index in [4.69, 9.17) is 0 Å². The first-order valence-electron chi connectivity index (χ1n) is 9.61. The summed E-state index contributed by atoms with van der Waals surface area (Å²) in [5.74, 6) is 0.396. The lowest BCUT2D eigenvalue weighted by Gasteiger charge is -2.07. The number of hydrogen-bond donors (Lipinski definition) is 1. The van der Waals surface area contributed by atoms with Crippen molar-refractivity contribution in [1.82, 2.24) is 14.8 Å². The quantitative estimate of drug-likeness (QED) is 0.368. The average molecular weight is 398 g/mol. The molecule has 0 spiro atoms. The molecule has 1 aromatic heterocycles. The van der Waals surface area contributed by atoms with E-state index in [2.05, 4.69) is 32.9 Å². The van der Waals surface area contributed by atoms with Crippen LogP contribution in [0.5, 0.6) is 0 Å². The molecule has 1 N–H and O–H groups in total. The second kappa shape index (κ2) is 8.57. The molecule has 30 heavy (non-hydrogen) atoms. The summed E-state index contributed by atoms with van der Waals surface area (Å²) >= 11 is 0. The Balaban J connectivity index is 1.53. The van der Waals surface area contributed by atoms with E-state index in [0.29, 0.717) is 17.0 Å². The summed E-state index contributed by atoms with van der Waals surface area (Å²) < 4.78 is 1.32. The molecule has 4 aromatic rings. The number of nitrogens with zero attached hydrogens (tertiary/aromatic N) is 5. The molecule has 1 heterocycles. The van der Waals surface area contributed by atoms with E-state index < -0.39 is 0 Å². The SMILES string of the molecule is CN(C)N=Nc1nn(C(=O)Nc2ccc(Cc3ccccc3)cc2)c2ccccc12. The van der Waals surface area contributed by atoms with Crippen molar-refractivity contribution >= 4 is 28.4 Å². The van der Waals surface area contributed by atoms with Crippen molar-refractivity contribution in [3.8, 4) is 0 Å². The van der Waals surface area contributed by atoms with E-state index >= 15 is 0 Å². The highest BCUT2D eigenvalue weighted by atomic mass is 16.2. The van der Waals surface area contributed by atoms with Gasteiger partial charge in [-0.25, -0.2) is 4.79 Å². The van der Waals surface area contributed by atoms with Gasteiger partial charge in [0.2, 0.25) is 5.82 Å². The zero-order chi connectivity index (χ0) is 20.9. The summed E-state index contributed by atoms with van der Waals surface area (Å²) in [5, 5.41) is 17.7. The maximum atomic E-state index is 12.9. The number of nitrogens with one attached hydrogen (secondary N) is 1. The molecule has 0 radical (unpaired) electrons. The molecule has 0 aliphatic rings. The highest BCUT2D eigenvalue weighted by Crippen LogP contribution is 2.26. The van der Waals surface area contributed by atoms with Crippen LogP contribution in [-0.2, 0) is 6.42 Å². The van der Waals surface area contributed by atoms with Crippen LogP contribution in [0.1, 0.15) is 11.1 Å². The number of anilines is 1. The van der Waals surface area contributed by atoms with E-state index in [1.807, 2.05) is 66.7 Å². The first kappa shape index (κ1) is 19.3. The van der Waals surface area contributed by atoms with E-state index in [1.165, 1.54) is 15.8 Å². The van der Waals surface area contributed by atoms with Crippen LogP contribution in [-0.4, -0.2) is 34.9 Å². The molecule has 7 nitrogen and oxygen atoms in total. The molecule has 7 heteroatoms. The summed E-state index contributed by atoms with van der Waals surface area (Å²) in [6.45, 7) is 0. The van der Waals surface area contributed by atoms with Crippen LogP contribution >= 0.6 is 0 Å². The third-order valence-electron chi connectivity index (χ3n) is 4.53. The minimum absolute atomic E-state index is 0.353. The lowest BCUT2D eigenvalue weighted by molar-refractivity contribution is 0.252. The summed E-state index contributed by atoms with van der Waals surface area (Å²) in [4.78, 5) is 12.9. The molecule has 150 valence electrons. The van der Waals surface area contributed by atoms with Gasteiger partial charge < -0.3 is 5.32 Å². The Kier molecular flexibility index (Phi) is 5.52.